The van der Waals surface area contributed by atoms with E-state index in [0.29, 0.717) is 11.1 Å². The lowest BCUT2D eigenvalue weighted by atomic mass is 10.1. The number of carbonyl (C=O) groups excluding carboxylic acids is 10. The molecule has 448 valence electrons. The van der Waals surface area contributed by atoms with Gasteiger partial charge < -0.3 is 65.5 Å². The summed E-state index contributed by atoms with van der Waals surface area (Å²) < 4.78 is 38.0. The molecule has 0 saturated carbocycles. The summed E-state index contributed by atoms with van der Waals surface area (Å²) >= 11 is 0. The van der Waals surface area contributed by atoms with Crippen LogP contribution < -0.4 is 32.3 Å². The van der Waals surface area contributed by atoms with Crippen molar-refractivity contribution in [1.82, 2.24) is 26.6 Å². The van der Waals surface area contributed by atoms with Crippen molar-refractivity contribution in [1.29, 1.82) is 0 Å². The van der Waals surface area contributed by atoms with Gasteiger partial charge >= 0.3 is 29.8 Å². The fraction of sp³-hybridized carbons (Fsp3) is 0.433. The Bertz CT molecular complexity index is 2680. The number of benzene rings is 4. The molecule has 0 aromatic heterocycles. The molecule has 0 bridgehead atoms. The molecule has 0 aliphatic heterocycles. The highest BCUT2D eigenvalue weighted by Crippen LogP contribution is 2.13. The van der Waals surface area contributed by atoms with Crippen LogP contribution in [0.3, 0.4) is 0 Å². The quantitative estimate of drug-likeness (QED) is 0.0214. The second kappa shape index (κ2) is 37.5. The molecule has 4 aromatic carbocycles. The minimum atomic E-state index is -1.51. The van der Waals surface area contributed by atoms with Gasteiger partial charge in [0, 0.05) is 32.2 Å². The molecule has 4 aromatic rings. The molecular formula is C60H76N6O17. The van der Waals surface area contributed by atoms with E-state index in [-0.39, 0.29) is 104 Å². The molecule has 4 atom stereocenters. The number of nitrogens with two attached hydrogens (primary N) is 1. The molecule has 23 heteroatoms. The zero-order valence-corrected chi connectivity index (χ0v) is 47.1. The van der Waals surface area contributed by atoms with Crippen LogP contribution in [0.15, 0.2) is 121 Å². The van der Waals surface area contributed by atoms with Crippen molar-refractivity contribution in [3.63, 3.8) is 0 Å². The van der Waals surface area contributed by atoms with Gasteiger partial charge in [0.25, 0.3) is 0 Å². The van der Waals surface area contributed by atoms with Crippen molar-refractivity contribution in [2.75, 3.05) is 39.5 Å². The zero-order chi connectivity index (χ0) is 60.2. The Hall–Kier alpha value is -8.54. The van der Waals surface area contributed by atoms with E-state index in [4.69, 9.17) is 38.9 Å². The topological polar surface area (TPSA) is 321 Å². The van der Waals surface area contributed by atoms with Crippen LogP contribution in [0.25, 0.3) is 0 Å². The molecule has 0 aliphatic rings. The molecule has 0 aliphatic carbocycles. The first kappa shape index (κ1) is 67.0. The predicted octanol–water partition coefficient (Wildman–Crippen LogP) is 3.47. The minimum Gasteiger partial charge on any atom is -0.461 e. The van der Waals surface area contributed by atoms with E-state index in [9.17, 15) is 47.9 Å². The third-order valence-corrected chi connectivity index (χ3v) is 11.8. The minimum absolute atomic E-state index is 0.00833. The van der Waals surface area contributed by atoms with Gasteiger partial charge in [-0.2, -0.15) is 0 Å². The maximum Gasteiger partial charge on any atom is 0.328 e. The van der Waals surface area contributed by atoms with E-state index in [0.717, 1.165) is 11.1 Å². The first-order chi connectivity index (χ1) is 39.8. The van der Waals surface area contributed by atoms with Crippen LogP contribution in [0.2, 0.25) is 0 Å². The molecular weight excluding hydrogens is 1080 g/mol. The van der Waals surface area contributed by atoms with Gasteiger partial charge in [0.1, 0.15) is 63.3 Å². The van der Waals surface area contributed by atoms with Crippen molar-refractivity contribution in [2.24, 2.45) is 5.73 Å². The molecule has 0 fully saturated rings. The first-order valence-corrected chi connectivity index (χ1v) is 27.2. The smallest absolute Gasteiger partial charge is 0.328 e. The molecule has 23 nitrogen and oxygen atoms in total. The molecule has 0 heterocycles. The van der Waals surface area contributed by atoms with Crippen molar-refractivity contribution < 1.29 is 81.1 Å². The fourth-order valence-corrected chi connectivity index (χ4v) is 7.44. The largest absolute Gasteiger partial charge is 0.461 e. The molecule has 0 spiro atoms. The Labute approximate surface area is 482 Å². The monoisotopic (exact) mass is 1150 g/mol. The predicted molar refractivity (Wildman–Crippen MR) is 299 cm³/mol. The number of rotatable bonds is 37. The Morgan fingerprint density at radius 2 is 0.855 bits per heavy atom. The lowest BCUT2D eigenvalue weighted by Gasteiger charge is -2.23. The number of carbonyl (C=O) groups is 10. The van der Waals surface area contributed by atoms with Crippen LogP contribution in [-0.2, 0) is 108 Å². The Morgan fingerprint density at radius 1 is 0.434 bits per heavy atom. The third kappa shape index (κ3) is 29.7. The Morgan fingerprint density at radius 3 is 1.34 bits per heavy atom. The Kier molecular flexibility index (Phi) is 30.2. The van der Waals surface area contributed by atoms with Crippen LogP contribution in [0, 0.1) is 0 Å². The van der Waals surface area contributed by atoms with Crippen LogP contribution in [0.1, 0.15) is 94.4 Å². The van der Waals surface area contributed by atoms with Crippen LogP contribution >= 0.6 is 0 Å². The highest BCUT2D eigenvalue weighted by molar-refractivity contribution is 5.92. The van der Waals surface area contributed by atoms with Gasteiger partial charge in [-0.15, -0.1) is 0 Å². The molecule has 0 saturated heterocycles. The van der Waals surface area contributed by atoms with E-state index < -0.39 is 102 Å². The second-order valence-electron chi connectivity index (χ2n) is 19.9. The number of hydrogen-bond donors (Lipinski definition) is 6. The average Bonchev–Trinajstić information content (AvgIpc) is 3.49. The van der Waals surface area contributed by atoms with E-state index in [2.05, 4.69) is 26.6 Å². The summed E-state index contributed by atoms with van der Waals surface area (Å²) in [5.41, 5.74) is 7.93. The van der Waals surface area contributed by atoms with Crippen LogP contribution in [-0.4, -0.2) is 129 Å². The van der Waals surface area contributed by atoms with Crippen molar-refractivity contribution in [3.05, 3.63) is 144 Å². The average molecular weight is 1150 g/mol. The number of hydrogen-bond acceptors (Lipinski definition) is 18. The number of nitrogens with one attached hydrogen (secondary N) is 5. The SMILES string of the molecule is CC(C)(C)OC(=O)CNC(=O)C(N)CCC(=O)NCCOCCOCC(=O)NC(CCC(=O)NC(CCC(=O)OCc1ccccc1)C(=O)OCc1ccccc1)C(=O)NC(CCC(=O)OCc1ccccc1)C(=O)OCc1ccccc1. The molecule has 83 heavy (non-hydrogen) atoms. The molecule has 4 rings (SSSR count). The summed E-state index contributed by atoms with van der Waals surface area (Å²) in [5, 5.41) is 12.7. The van der Waals surface area contributed by atoms with E-state index in [1.165, 1.54) is 0 Å². The van der Waals surface area contributed by atoms with Gasteiger partial charge in [-0.3, -0.25) is 38.4 Å². The maximum absolute atomic E-state index is 14.2. The standard InChI is InChI=1S/C60H76N6O17/c1-60(2,3)83-55(72)36-63-56(73)46(61)24-28-50(67)62-32-33-77-34-35-78-41-52(69)64-47(57(74)66-49(59(76)82-40-45-22-14-7-15-23-45)27-31-54(71)80-38-43-18-10-5-11-19-43)25-29-51(68)65-48(58(75)81-39-44-20-12-6-13-21-44)26-30-53(70)79-37-42-16-8-4-9-17-42/h4-23,46-49H,24-41,61H2,1-3H3,(H,62,67)(H,63,73)(H,64,69)(H,65,68)(H,66,74). The van der Waals surface area contributed by atoms with Crippen LogP contribution in [0.4, 0.5) is 0 Å². The van der Waals surface area contributed by atoms with Gasteiger partial charge in [-0.1, -0.05) is 121 Å². The van der Waals surface area contributed by atoms with Crippen molar-refractivity contribution >= 4 is 59.4 Å². The van der Waals surface area contributed by atoms with E-state index in [1.807, 2.05) is 12.1 Å². The highest BCUT2D eigenvalue weighted by Gasteiger charge is 2.31. The van der Waals surface area contributed by atoms with Crippen molar-refractivity contribution in [2.45, 2.75) is 128 Å². The summed E-state index contributed by atoms with van der Waals surface area (Å²) in [6, 6.07) is 30.0. The van der Waals surface area contributed by atoms with E-state index >= 15 is 0 Å². The zero-order valence-electron chi connectivity index (χ0n) is 47.1. The van der Waals surface area contributed by atoms with Gasteiger partial charge in [0.05, 0.1) is 25.9 Å². The van der Waals surface area contributed by atoms with Gasteiger partial charge in [0.15, 0.2) is 0 Å². The lowest BCUT2D eigenvalue weighted by Crippen LogP contribution is -2.53. The summed E-state index contributed by atoms with van der Waals surface area (Å²) in [4.78, 5) is 131. The summed E-state index contributed by atoms with van der Waals surface area (Å²) in [6.07, 6.45) is -2.01. The second-order valence-corrected chi connectivity index (χ2v) is 19.9. The maximum atomic E-state index is 14.2. The lowest BCUT2D eigenvalue weighted by molar-refractivity contribution is -0.155. The summed E-state index contributed by atoms with van der Waals surface area (Å²) in [6.45, 7) is 3.78. The van der Waals surface area contributed by atoms with Crippen LogP contribution in [0.5, 0.6) is 0 Å². The molecule has 7 N–H and O–H groups in total. The summed E-state index contributed by atoms with van der Waals surface area (Å²) in [5.74, 6) is -7.19. The van der Waals surface area contributed by atoms with Gasteiger partial charge in [-0.05, 0) is 68.7 Å². The molecule has 0 radical (unpaired) electrons. The number of esters is 5. The first-order valence-electron chi connectivity index (χ1n) is 27.2. The van der Waals surface area contributed by atoms with Crippen molar-refractivity contribution in [3.8, 4) is 0 Å². The fourth-order valence-electron chi connectivity index (χ4n) is 7.44. The molecule has 5 amide bonds. The normalized spacial score (nSPS) is 12.4. The number of ether oxygens (including phenoxy) is 7. The molecule has 4 unspecified atom stereocenters. The number of amides is 5. The highest BCUT2D eigenvalue weighted by atomic mass is 16.6. The third-order valence-electron chi connectivity index (χ3n) is 11.8. The van der Waals surface area contributed by atoms with Gasteiger partial charge in [-0.25, -0.2) is 9.59 Å². The summed E-state index contributed by atoms with van der Waals surface area (Å²) in [7, 11) is 0. The van der Waals surface area contributed by atoms with Gasteiger partial charge in [0.2, 0.25) is 29.5 Å². The van der Waals surface area contributed by atoms with E-state index in [1.54, 1.807) is 130 Å². The Balaban J connectivity index is 1.37.